The maximum Gasteiger partial charge on any atom is 0.167 e. The molecule has 0 aliphatic carbocycles. The van der Waals surface area contributed by atoms with Crippen molar-refractivity contribution in [3.8, 4) is 0 Å². The predicted molar refractivity (Wildman–Crippen MR) is 65.5 cm³/mol. The molecule has 2 rings (SSSR count). The first-order valence-electron chi connectivity index (χ1n) is 5.70. The summed E-state index contributed by atoms with van der Waals surface area (Å²) in [6.45, 7) is 1.66. The zero-order valence-corrected chi connectivity index (χ0v) is 10.2. The number of carbonyl (C=O) groups is 1. The molecule has 0 bridgehead atoms. The van der Waals surface area contributed by atoms with Gasteiger partial charge in [-0.1, -0.05) is 6.07 Å². The first-order chi connectivity index (χ1) is 8.97. The van der Waals surface area contributed by atoms with E-state index in [1.54, 1.807) is 6.92 Å². The summed E-state index contributed by atoms with van der Waals surface area (Å²) in [5.41, 5.74) is 0.750. The van der Waals surface area contributed by atoms with E-state index in [-0.39, 0.29) is 17.5 Å². The van der Waals surface area contributed by atoms with Crippen molar-refractivity contribution in [3.63, 3.8) is 0 Å². The molecule has 4 heteroatoms. The van der Waals surface area contributed by atoms with E-state index in [0.29, 0.717) is 5.56 Å². The summed E-state index contributed by atoms with van der Waals surface area (Å²) in [5.74, 6) is -2.24. The van der Waals surface area contributed by atoms with Gasteiger partial charge in [0.25, 0.3) is 0 Å². The minimum atomic E-state index is -0.649. The highest BCUT2D eigenvalue weighted by molar-refractivity contribution is 5.98. The number of hydrogen-bond donors (Lipinski definition) is 0. The van der Waals surface area contributed by atoms with Crippen molar-refractivity contribution in [2.24, 2.45) is 0 Å². The Morgan fingerprint density at radius 2 is 1.63 bits per heavy atom. The van der Waals surface area contributed by atoms with Crippen LogP contribution in [0.2, 0.25) is 0 Å². The van der Waals surface area contributed by atoms with Gasteiger partial charge in [-0.15, -0.1) is 0 Å². The van der Waals surface area contributed by atoms with Crippen molar-refractivity contribution in [1.82, 2.24) is 0 Å². The lowest BCUT2D eigenvalue weighted by atomic mass is 9.99. The molecule has 0 spiro atoms. The molecule has 1 nitrogen and oxygen atoms in total. The number of Topliss-reactive ketones (excluding diaryl/α,β-unsaturated/α-hetero) is 1. The molecule has 0 fully saturated rings. The molecule has 2 aromatic carbocycles. The first kappa shape index (κ1) is 13.3. The van der Waals surface area contributed by atoms with Crippen LogP contribution in [-0.4, -0.2) is 5.78 Å². The quantitative estimate of drug-likeness (QED) is 0.770. The Kier molecular flexibility index (Phi) is 3.69. The van der Waals surface area contributed by atoms with Gasteiger partial charge in [0.05, 0.1) is 0 Å². The van der Waals surface area contributed by atoms with Crippen molar-refractivity contribution in [2.75, 3.05) is 0 Å². The highest BCUT2D eigenvalue weighted by Gasteiger charge is 2.14. The van der Waals surface area contributed by atoms with Crippen LogP contribution in [0.5, 0.6) is 0 Å². The van der Waals surface area contributed by atoms with E-state index in [1.165, 1.54) is 12.1 Å². The van der Waals surface area contributed by atoms with Gasteiger partial charge in [0.15, 0.2) is 5.78 Å². The highest BCUT2D eigenvalue weighted by Crippen LogP contribution is 2.16. The van der Waals surface area contributed by atoms with E-state index < -0.39 is 23.2 Å². The molecule has 2 aromatic rings. The second-order valence-electron chi connectivity index (χ2n) is 4.29. The average Bonchev–Trinajstić information content (AvgIpc) is 2.36. The van der Waals surface area contributed by atoms with Gasteiger partial charge in [-0.3, -0.25) is 4.79 Å². The lowest BCUT2D eigenvalue weighted by molar-refractivity contribution is 0.0990. The summed E-state index contributed by atoms with van der Waals surface area (Å²) >= 11 is 0. The predicted octanol–water partition coefficient (Wildman–Crippen LogP) is 3.84. The molecule has 0 atom stereocenters. The Labute approximate surface area is 108 Å². The van der Waals surface area contributed by atoms with Crippen LogP contribution in [-0.2, 0) is 6.42 Å². The van der Waals surface area contributed by atoms with Crippen LogP contribution < -0.4 is 0 Å². The van der Waals surface area contributed by atoms with Crippen molar-refractivity contribution in [3.05, 3.63) is 70.5 Å². The SMILES string of the molecule is Cc1ccc(F)cc1C(=O)Cc1cc(F)ccc1F. The summed E-state index contributed by atoms with van der Waals surface area (Å²) in [4.78, 5) is 12.0. The number of ketones is 1. The van der Waals surface area contributed by atoms with E-state index in [0.717, 1.165) is 24.3 Å². The number of hydrogen-bond acceptors (Lipinski definition) is 1. The Morgan fingerprint density at radius 1 is 1.00 bits per heavy atom. The van der Waals surface area contributed by atoms with Gasteiger partial charge >= 0.3 is 0 Å². The van der Waals surface area contributed by atoms with Crippen LogP contribution in [0.15, 0.2) is 36.4 Å². The van der Waals surface area contributed by atoms with Crippen LogP contribution in [0.4, 0.5) is 13.2 Å². The number of rotatable bonds is 3. The van der Waals surface area contributed by atoms with E-state index >= 15 is 0 Å². The van der Waals surface area contributed by atoms with E-state index in [2.05, 4.69) is 0 Å². The third-order valence-corrected chi connectivity index (χ3v) is 2.86. The van der Waals surface area contributed by atoms with Gasteiger partial charge in [-0.05, 0) is 48.4 Å². The topological polar surface area (TPSA) is 17.1 Å². The molecular formula is C15H11F3O. The minimum absolute atomic E-state index is 0.0336. The normalized spacial score (nSPS) is 10.5. The number of carbonyl (C=O) groups excluding carboxylic acids is 1. The third-order valence-electron chi connectivity index (χ3n) is 2.86. The van der Waals surface area contributed by atoms with Gasteiger partial charge in [0.2, 0.25) is 0 Å². The molecular weight excluding hydrogens is 253 g/mol. The summed E-state index contributed by atoms with van der Waals surface area (Å²) in [6.07, 6.45) is -0.298. The van der Waals surface area contributed by atoms with Crippen LogP contribution in [0.3, 0.4) is 0 Å². The van der Waals surface area contributed by atoms with Crippen LogP contribution in [0, 0.1) is 24.4 Å². The molecule has 0 amide bonds. The second-order valence-corrected chi connectivity index (χ2v) is 4.29. The number of halogens is 3. The molecule has 0 heterocycles. The molecule has 0 radical (unpaired) electrons. The summed E-state index contributed by atoms with van der Waals surface area (Å²) < 4.78 is 39.5. The fourth-order valence-electron chi connectivity index (χ4n) is 1.84. The highest BCUT2D eigenvalue weighted by atomic mass is 19.1. The smallest absolute Gasteiger partial charge is 0.167 e. The van der Waals surface area contributed by atoms with Crippen LogP contribution in [0.25, 0.3) is 0 Å². The van der Waals surface area contributed by atoms with Crippen molar-refractivity contribution in [2.45, 2.75) is 13.3 Å². The fraction of sp³-hybridized carbons (Fsp3) is 0.133. The molecule has 98 valence electrons. The molecule has 0 aromatic heterocycles. The van der Waals surface area contributed by atoms with Gasteiger partial charge in [0, 0.05) is 12.0 Å². The number of benzene rings is 2. The maximum absolute atomic E-state index is 13.4. The molecule has 19 heavy (non-hydrogen) atoms. The molecule has 0 saturated carbocycles. The zero-order chi connectivity index (χ0) is 14.0. The Balaban J connectivity index is 2.30. The zero-order valence-electron chi connectivity index (χ0n) is 10.2. The number of aryl methyl sites for hydroxylation is 1. The van der Waals surface area contributed by atoms with E-state index in [9.17, 15) is 18.0 Å². The van der Waals surface area contributed by atoms with Gasteiger partial charge in [-0.2, -0.15) is 0 Å². The largest absolute Gasteiger partial charge is 0.294 e. The average molecular weight is 264 g/mol. The Hall–Kier alpha value is -2.10. The standard InChI is InChI=1S/C15H11F3O/c1-9-2-3-12(17)8-13(9)15(19)7-10-6-11(16)4-5-14(10)18/h2-6,8H,7H2,1H3. The van der Waals surface area contributed by atoms with Crippen molar-refractivity contribution < 1.29 is 18.0 Å². The summed E-state index contributed by atoms with van der Waals surface area (Å²) in [7, 11) is 0. The Bertz CT molecular complexity index is 635. The lowest BCUT2D eigenvalue weighted by Crippen LogP contribution is -2.08. The van der Waals surface area contributed by atoms with Crippen LogP contribution >= 0.6 is 0 Å². The monoisotopic (exact) mass is 264 g/mol. The van der Waals surface area contributed by atoms with Gasteiger partial charge < -0.3 is 0 Å². The molecule has 0 aliphatic heterocycles. The maximum atomic E-state index is 13.4. The first-order valence-corrected chi connectivity index (χ1v) is 5.70. The minimum Gasteiger partial charge on any atom is -0.294 e. The van der Waals surface area contributed by atoms with E-state index in [1.807, 2.05) is 0 Å². The second kappa shape index (κ2) is 5.26. The molecule has 0 saturated heterocycles. The fourth-order valence-corrected chi connectivity index (χ4v) is 1.84. The Morgan fingerprint density at radius 3 is 2.37 bits per heavy atom. The van der Waals surface area contributed by atoms with Crippen molar-refractivity contribution in [1.29, 1.82) is 0 Å². The van der Waals surface area contributed by atoms with Gasteiger partial charge in [-0.25, -0.2) is 13.2 Å². The van der Waals surface area contributed by atoms with Gasteiger partial charge in [0.1, 0.15) is 17.5 Å². The molecule has 0 N–H and O–H groups in total. The van der Waals surface area contributed by atoms with E-state index in [4.69, 9.17) is 0 Å². The lowest BCUT2D eigenvalue weighted by Gasteiger charge is -2.06. The van der Waals surface area contributed by atoms with Crippen LogP contribution in [0.1, 0.15) is 21.5 Å². The van der Waals surface area contributed by atoms with Crippen molar-refractivity contribution >= 4 is 5.78 Å². The molecule has 0 aliphatic rings. The molecule has 0 unspecified atom stereocenters. The summed E-state index contributed by atoms with van der Waals surface area (Å²) in [5, 5.41) is 0. The third kappa shape index (κ3) is 3.02. The summed E-state index contributed by atoms with van der Waals surface area (Å²) in [6, 6.07) is 6.75.